The maximum Gasteiger partial charge on any atom is 0.302 e. The Morgan fingerprint density at radius 2 is 2.00 bits per heavy atom. The lowest BCUT2D eigenvalue weighted by molar-refractivity contribution is -0.226. The molecule has 6 heteroatoms. The van der Waals surface area contributed by atoms with E-state index in [4.69, 9.17) is 18.9 Å². The highest BCUT2D eigenvalue weighted by Gasteiger charge is 2.49. The first-order valence-corrected chi connectivity index (χ1v) is 7.50. The van der Waals surface area contributed by atoms with Crippen LogP contribution >= 0.6 is 0 Å². The first-order valence-electron chi connectivity index (χ1n) is 7.50. The Hall–Kier alpha value is -0.690. The highest BCUT2D eigenvalue weighted by molar-refractivity contribution is 5.66. The zero-order valence-corrected chi connectivity index (χ0v) is 13.4. The van der Waals surface area contributed by atoms with E-state index >= 15 is 0 Å². The lowest BCUT2D eigenvalue weighted by Gasteiger charge is -2.45. The molecule has 2 aliphatic rings. The molecular formula is C15H26O6. The van der Waals surface area contributed by atoms with Gasteiger partial charge >= 0.3 is 5.97 Å². The number of rotatable bonds is 3. The van der Waals surface area contributed by atoms with Crippen molar-refractivity contribution in [2.45, 2.75) is 64.8 Å². The van der Waals surface area contributed by atoms with E-state index in [2.05, 4.69) is 0 Å². The zero-order valence-electron chi connectivity index (χ0n) is 13.4. The number of carbonyl (C=O) groups excluding carboxylic acids is 1. The van der Waals surface area contributed by atoms with Crippen LogP contribution in [0.15, 0.2) is 0 Å². The van der Waals surface area contributed by atoms with Gasteiger partial charge in [0, 0.05) is 18.8 Å². The number of aliphatic hydroxyl groups is 1. The molecule has 0 spiro atoms. The van der Waals surface area contributed by atoms with Gasteiger partial charge in [-0.1, -0.05) is 13.8 Å². The van der Waals surface area contributed by atoms with Crippen LogP contribution in [0.5, 0.6) is 0 Å². The molecule has 0 amide bonds. The van der Waals surface area contributed by atoms with Crippen LogP contribution in [0.3, 0.4) is 0 Å². The second-order valence-electron chi connectivity index (χ2n) is 6.48. The van der Waals surface area contributed by atoms with E-state index in [-0.39, 0.29) is 48.8 Å². The van der Waals surface area contributed by atoms with E-state index in [0.717, 1.165) is 0 Å². The van der Waals surface area contributed by atoms with Gasteiger partial charge in [-0.05, 0) is 13.8 Å². The molecule has 0 aliphatic carbocycles. The van der Waals surface area contributed by atoms with Gasteiger partial charge < -0.3 is 24.1 Å². The molecule has 1 N–H and O–H groups in total. The van der Waals surface area contributed by atoms with E-state index in [1.807, 2.05) is 27.7 Å². The lowest BCUT2D eigenvalue weighted by atomic mass is 9.81. The zero-order chi connectivity index (χ0) is 15.8. The third-order valence-corrected chi connectivity index (χ3v) is 4.35. The van der Waals surface area contributed by atoms with Crippen molar-refractivity contribution in [1.29, 1.82) is 0 Å². The summed E-state index contributed by atoms with van der Waals surface area (Å²) in [6.07, 6.45) is -1.17. The van der Waals surface area contributed by atoms with Crippen LogP contribution in [0.1, 0.15) is 34.6 Å². The molecule has 6 nitrogen and oxygen atoms in total. The van der Waals surface area contributed by atoms with Crippen LogP contribution in [0.2, 0.25) is 0 Å². The first-order chi connectivity index (χ1) is 9.75. The number of esters is 1. The molecule has 122 valence electrons. The van der Waals surface area contributed by atoms with Crippen molar-refractivity contribution in [2.75, 3.05) is 13.2 Å². The standard InChI is InChI=1S/C15H26O6/c1-8-11(6-16)20-14(9(2)13(8)19-10(3)17)12-7-18-15(4,5)21-12/h8-9,11-14,16H,6-7H2,1-5H3/t8-,9+,11+,12+,13-,14+/m0/s1. The molecule has 2 aliphatic heterocycles. The normalized spacial score (nSPS) is 42.8. The fourth-order valence-corrected chi connectivity index (χ4v) is 3.25. The van der Waals surface area contributed by atoms with Gasteiger partial charge in [0.05, 0.1) is 25.4 Å². The highest BCUT2D eigenvalue weighted by Crippen LogP contribution is 2.37. The van der Waals surface area contributed by atoms with Crippen molar-refractivity contribution in [2.24, 2.45) is 11.8 Å². The molecule has 2 saturated heterocycles. The summed E-state index contributed by atoms with van der Waals surface area (Å²) in [5.41, 5.74) is 0. The number of hydrogen-bond acceptors (Lipinski definition) is 6. The fourth-order valence-electron chi connectivity index (χ4n) is 3.25. The Morgan fingerprint density at radius 3 is 2.48 bits per heavy atom. The summed E-state index contributed by atoms with van der Waals surface area (Å²) >= 11 is 0. The van der Waals surface area contributed by atoms with Gasteiger partial charge in [0.15, 0.2) is 5.79 Å². The predicted octanol–water partition coefficient (Wildman–Crippen LogP) is 1.10. The summed E-state index contributed by atoms with van der Waals surface area (Å²) in [6, 6.07) is 0. The third kappa shape index (κ3) is 3.56. The van der Waals surface area contributed by atoms with Crippen LogP contribution in [0, 0.1) is 11.8 Å². The molecule has 0 bridgehead atoms. The summed E-state index contributed by atoms with van der Waals surface area (Å²) in [5, 5.41) is 9.53. The van der Waals surface area contributed by atoms with Gasteiger partial charge in [-0.15, -0.1) is 0 Å². The van der Waals surface area contributed by atoms with Crippen molar-refractivity contribution in [3.63, 3.8) is 0 Å². The molecule has 0 unspecified atom stereocenters. The van der Waals surface area contributed by atoms with Crippen LogP contribution < -0.4 is 0 Å². The molecule has 0 aromatic carbocycles. The van der Waals surface area contributed by atoms with E-state index in [0.29, 0.717) is 6.61 Å². The maximum absolute atomic E-state index is 11.3. The minimum absolute atomic E-state index is 0.0331. The second kappa shape index (κ2) is 6.20. The van der Waals surface area contributed by atoms with Gasteiger partial charge in [0.2, 0.25) is 0 Å². The topological polar surface area (TPSA) is 74.2 Å². The van der Waals surface area contributed by atoms with Crippen molar-refractivity contribution >= 4 is 5.97 Å². The van der Waals surface area contributed by atoms with Gasteiger partial charge in [0.1, 0.15) is 12.2 Å². The number of hydrogen-bond donors (Lipinski definition) is 1. The Kier molecular flexibility index (Phi) is 4.92. The van der Waals surface area contributed by atoms with Crippen molar-refractivity contribution < 1.29 is 28.8 Å². The average molecular weight is 302 g/mol. The average Bonchev–Trinajstić information content (AvgIpc) is 2.75. The lowest BCUT2D eigenvalue weighted by Crippen LogP contribution is -2.56. The molecule has 0 radical (unpaired) electrons. The van der Waals surface area contributed by atoms with Crippen LogP contribution in [-0.2, 0) is 23.7 Å². The summed E-state index contributed by atoms with van der Waals surface area (Å²) in [7, 11) is 0. The molecule has 0 aromatic heterocycles. The Bertz CT molecular complexity index is 382. The minimum Gasteiger partial charge on any atom is -0.462 e. The van der Waals surface area contributed by atoms with Crippen molar-refractivity contribution in [1.82, 2.24) is 0 Å². The second-order valence-corrected chi connectivity index (χ2v) is 6.48. The van der Waals surface area contributed by atoms with E-state index in [9.17, 15) is 9.90 Å². The Labute approximate surface area is 125 Å². The van der Waals surface area contributed by atoms with Gasteiger partial charge in [0.25, 0.3) is 0 Å². The monoisotopic (exact) mass is 302 g/mol. The molecule has 2 fully saturated rings. The minimum atomic E-state index is -0.636. The molecule has 21 heavy (non-hydrogen) atoms. The molecule has 2 rings (SSSR count). The SMILES string of the molecule is CC(=O)O[C@@H]1[C@@H](C)[C@H]([C@H]2COC(C)(C)O2)O[C@H](CO)[C@@H]1C. The number of carbonyl (C=O) groups is 1. The van der Waals surface area contributed by atoms with E-state index in [1.54, 1.807) is 0 Å². The van der Waals surface area contributed by atoms with Gasteiger partial charge in [-0.25, -0.2) is 0 Å². The van der Waals surface area contributed by atoms with Gasteiger partial charge in [-0.2, -0.15) is 0 Å². The van der Waals surface area contributed by atoms with Crippen molar-refractivity contribution in [3.8, 4) is 0 Å². The quantitative estimate of drug-likeness (QED) is 0.787. The highest BCUT2D eigenvalue weighted by atomic mass is 16.7. The van der Waals surface area contributed by atoms with Gasteiger partial charge in [-0.3, -0.25) is 4.79 Å². The Morgan fingerprint density at radius 1 is 1.33 bits per heavy atom. The maximum atomic E-state index is 11.3. The molecular weight excluding hydrogens is 276 g/mol. The third-order valence-electron chi connectivity index (χ3n) is 4.35. The van der Waals surface area contributed by atoms with Crippen LogP contribution in [0.4, 0.5) is 0 Å². The summed E-state index contributed by atoms with van der Waals surface area (Å²) in [6.45, 7) is 9.34. The first kappa shape index (κ1) is 16.7. The van der Waals surface area contributed by atoms with E-state index < -0.39 is 5.79 Å². The summed E-state index contributed by atoms with van der Waals surface area (Å²) in [4.78, 5) is 11.3. The van der Waals surface area contributed by atoms with Crippen molar-refractivity contribution in [3.05, 3.63) is 0 Å². The smallest absolute Gasteiger partial charge is 0.302 e. The molecule has 0 saturated carbocycles. The largest absolute Gasteiger partial charge is 0.462 e. The summed E-state index contributed by atoms with van der Waals surface area (Å²) in [5.74, 6) is -1.06. The molecule has 0 aromatic rings. The summed E-state index contributed by atoms with van der Waals surface area (Å²) < 4.78 is 22.9. The predicted molar refractivity (Wildman–Crippen MR) is 74.5 cm³/mol. The Balaban J connectivity index is 2.15. The fraction of sp³-hybridized carbons (Fsp3) is 0.933. The number of aliphatic hydroxyl groups excluding tert-OH is 1. The number of ether oxygens (including phenoxy) is 4. The van der Waals surface area contributed by atoms with Crippen LogP contribution in [0.25, 0.3) is 0 Å². The van der Waals surface area contributed by atoms with E-state index in [1.165, 1.54) is 6.92 Å². The molecule has 2 heterocycles. The van der Waals surface area contributed by atoms with Crippen LogP contribution in [-0.4, -0.2) is 54.5 Å². The molecule has 6 atom stereocenters.